The van der Waals surface area contributed by atoms with Crippen LogP contribution in [0.25, 0.3) is 0 Å². The minimum Gasteiger partial charge on any atom is -0.465 e. The number of hydrogen-bond acceptors (Lipinski definition) is 6. The Labute approximate surface area is 121 Å². The third kappa shape index (κ3) is 6.19. The third-order valence-corrected chi connectivity index (χ3v) is 5.12. The molecule has 1 aliphatic rings. The van der Waals surface area contributed by atoms with Crippen molar-refractivity contribution in [2.24, 2.45) is 0 Å². The number of nitrogens with zero attached hydrogens (tertiary/aromatic N) is 1. The lowest BCUT2D eigenvalue weighted by Gasteiger charge is -2.22. The van der Waals surface area contributed by atoms with E-state index in [9.17, 15) is 13.2 Å². The Balaban J connectivity index is 2.44. The second-order valence-corrected chi connectivity index (χ2v) is 7.30. The van der Waals surface area contributed by atoms with E-state index in [1.807, 2.05) is 6.92 Å². The van der Waals surface area contributed by atoms with Crippen LogP contribution in [0.15, 0.2) is 0 Å². The van der Waals surface area contributed by atoms with Gasteiger partial charge in [-0.15, -0.1) is 0 Å². The van der Waals surface area contributed by atoms with Crippen molar-refractivity contribution < 1.29 is 17.9 Å². The zero-order valence-electron chi connectivity index (χ0n) is 12.4. The third-order valence-electron chi connectivity index (χ3n) is 3.40. The number of sulfone groups is 1. The first-order valence-corrected chi connectivity index (χ1v) is 9.13. The van der Waals surface area contributed by atoms with Crippen molar-refractivity contribution >= 4 is 15.8 Å². The number of carbonyl (C=O) groups excluding carboxylic acids is 1. The largest absolute Gasteiger partial charge is 0.465 e. The van der Waals surface area contributed by atoms with Gasteiger partial charge in [-0.1, -0.05) is 6.92 Å². The number of esters is 1. The minimum absolute atomic E-state index is 0.221. The van der Waals surface area contributed by atoms with Crippen LogP contribution in [-0.2, 0) is 19.4 Å². The molecule has 1 unspecified atom stereocenters. The number of carbonyl (C=O) groups is 1. The first kappa shape index (κ1) is 17.4. The summed E-state index contributed by atoms with van der Waals surface area (Å²) < 4.78 is 28.1. The molecule has 1 aliphatic heterocycles. The molecule has 1 heterocycles. The molecule has 0 saturated carbocycles. The summed E-state index contributed by atoms with van der Waals surface area (Å²) in [4.78, 5) is 13.9. The fourth-order valence-corrected chi connectivity index (χ4v) is 3.63. The SMILES string of the molecule is CCNC(CCN1CCCS(=O)(=O)CC1)C(=O)OCC. The number of rotatable bonds is 7. The maximum absolute atomic E-state index is 11.8. The van der Waals surface area contributed by atoms with Crippen molar-refractivity contribution in [1.82, 2.24) is 10.2 Å². The van der Waals surface area contributed by atoms with Crippen LogP contribution in [0.5, 0.6) is 0 Å². The fraction of sp³-hybridized carbons (Fsp3) is 0.923. The summed E-state index contributed by atoms with van der Waals surface area (Å²) in [6, 6.07) is -0.306. The van der Waals surface area contributed by atoms with Crippen molar-refractivity contribution in [2.45, 2.75) is 32.7 Å². The van der Waals surface area contributed by atoms with E-state index in [2.05, 4.69) is 10.2 Å². The minimum atomic E-state index is -2.87. The molecule has 0 bridgehead atoms. The van der Waals surface area contributed by atoms with Gasteiger partial charge in [0, 0.05) is 13.1 Å². The van der Waals surface area contributed by atoms with Crippen LogP contribution < -0.4 is 5.32 Å². The summed E-state index contributed by atoms with van der Waals surface area (Å²) >= 11 is 0. The smallest absolute Gasteiger partial charge is 0.323 e. The second-order valence-electron chi connectivity index (χ2n) is 5.00. The number of nitrogens with one attached hydrogen (secondary N) is 1. The Morgan fingerprint density at radius 1 is 1.30 bits per heavy atom. The quantitative estimate of drug-likeness (QED) is 0.669. The van der Waals surface area contributed by atoms with Crippen molar-refractivity contribution in [3.05, 3.63) is 0 Å². The van der Waals surface area contributed by atoms with Gasteiger partial charge in [-0.3, -0.25) is 4.79 Å². The van der Waals surface area contributed by atoms with Crippen LogP contribution in [0, 0.1) is 0 Å². The molecule has 1 rings (SSSR count). The molecule has 0 radical (unpaired) electrons. The molecule has 20 heavy (non-hydrogen) atoms. The van der Waals surface area contributed by atoms with Crippen LogP contribution in [0.1, 0.15) is 26.7 Å². The van der Waals surface area contributed by atoms with Crippen LogP contribution in [0.3, 0.4) is 0 Å². The molecule has 1 N–H and O–H groups in total. The Morgan fingerprint density at radius 3 is 2.70 bits per heavy atom. The van der Waals surface area contributed by atoms with Gasteiger partial charge in [-0.05, 0) is 32.9 Å². The van der Waals surface area contributed by atoms with Gasteiger partial charge in [0.05, 0.1) is 18.1 Å². The highest BCUT2D eigenvalue weighted by Crippen LogP contribution is 2.07. The standard InChI is InChI=1S/C13H26N2O4S/c1-3-14-12(13(16)19-4-2)6-8-15-7-5-10-20(17,18)11-9-15/h12,14H,3-11H2,1-2H3. The molecule has 0 aliphatic carbocycles. The van der Waals surface area contributed by atoms with Crippen molar-refractivity contribution in [3.63, 3.8) is 0 Å². The summed E-state index contributed by atoms with van der Waals surface area (Å²) in [5.74, 6) is 0.271. The molecule has 6 nitrogen and oxygen atoms in total. The summed E-state index contributed by atoms with van der Waals surface area (Å²) in [6.07, 6.45) is 1.32. The maximum Gasteiger partial charge on any atom is 0.323 e. The molecule has 7 heteroatoms. The monoisotopic (exact) mass is 306 g/mol. The predicted molar refractivity (Wildman–Crippen MR) is 78.4 cm³/mol. The first-order chi connectivity index (χ1) is 9.48. The first-order valence-electron chi connectivity index (χ1n) is 7.31. The molecule has 1 saturated heterocycles. The van der Waals surface area contributed by atoms with Crippen LogP contribution in [0.4, 0.5) is 0 Å². The van der Waals surface area contributed by atoms with Crippen LogP contribution in [-0.4, -0.2) is 69.6 Å². The highest BCUT2D eigenvalue weighted by Gasteiger charge is 2.22. The molecule has 0 spiro atoms. The number of likely N-dealkylation sites (N-methyl/N-ethyl adjacent to an activating group) is 1. The topological polar surface area (TPSA) is 75.7 Å². The van der Waals surface area contributed by atoms with E-state index in [1.165, 1.54) is 0 Å². The number of hydrogen-bond donors (Lipinski definition) is 1. The van der Waals surface area contributed by atoms with Gasteiger partial charge < -0.3 is 15.0 Å². The van der Waals surface area contributed by atoms with Gasteiger partial charge in [-0.2, -0.15) is 0 Å². The Bertz CT molecular complexity index is 397. The molecule has 0 aromatic carbocycles. The van der Waals surface area contributed by atoms with E-state index in [4.69, 9.17) is 4.74 Å². The Hall–Kier alpha value is -0.660. The molecule has 118 valence electrons. The van der Waals surface area contributed by atoms with Gasteiger partial charge in [0.1, 0.15) is 6.04 Å². The molecular formula is C13H26N2O4S. The zero-order valence-corrected chi connectivity index (χ0v) is 13.2. The van der Waals surface area contributed by atoms with Crippen LogP contribution in [0.2, 0.25) is 0 Å². The van der Waals surface area contributed by atoms with E-state index in [-0.39, 0.29) is 23.5 Å². The normalized spacial score (nSPS) is 21.1. The van der Waals surface area contributed by atoms with Crippen LogP contribution >= 0.6 is 0 Å². The lowest BCUT2D eigenvalue weighted by atomic mass is 10.2. The summed E-state index contributed by atoms with van der Waals surface area (Å²) in [5.41, 5.74) is 0. The fourth-order valence-electron chi connectivity index (χ4n) is 2.32. The van der Waals surface area contributed by atoms with Gasteiger partial charge >= 0.3 is 5.97 Å². The Morgan fingerprint density at radius 2 is 2.05 bits per heavy atom. The highest BCUT2D eigenvalue weighted by atomic mass is 32.2. The van der Waals surface area contributed by atoms with Gasteiger partial charge in [0.2, 0.25) is 0 Å². The molecule has 0 aromatic rings. The summed E-state index contributed by atoms with van der Waals surface area (Å²) in [7, 11) is -2.87. The second kappa shape index (κ2) is 8.59. The Kier molecular flexibility index (Phi) is 7.47. The van der Waals surface area contributed by atoms with Gasteiger partial charge in [0.15, 0.2) is 9.84 Å². The van der Waals surface area contributed by atoms with Crippen molar-refractivity contribution in [1.29, 1.82) is 0 Å². The highest BCUT2D eigenvalue weighted by molar-refractivity contribution is 7.91. The van der Waals surface area contributed by atoms with E-state index in [1.54, 1.807) is 6.92 Å². The average Bonchev–Trinajstić information content (AvgIpc) is 2.56. The predicted octanol–water partition coefficient (Wildman–Crippen LogP) is 0.0382. The van der Waals surface area contributed by atoms with E-state index < -0.39 is 9.84 Å². The molecule has 0 amide bonds. The summed E-state index contributed by atoms with van der Waals surface area (Å²) in [6.45, 7) is 6.88. The molecule has 0 aromatic heterocycles. The lowest BCUT2D eigenvalue weighted by molar-refractivity contribution is -0.145. The van der Waals surface area contributed by atoms with Gasteiger partial charge in [-0.25, -0.2) is 8.42 Å². The number of ether oxygens (including phenoxy) is 1. The van der Waals surface area contributed by atoms with Gasteiger partial charge in [0.25, 0.3) is 0 Å². The zero-order chi connectivity index (χ0) is 15.0. The lowest BCUT2D eigenvalue weighted by Crippen LogP contribution is -2.41. The molecule has 1 atom stereocenters. The molecular weight excluding hydrogens is 280 g/mol. The van der Waals surface area contributed by atoms with E-state index >= 15 is 0 Å². The van der Waals surface area contributed by atoms with Crippen molar-refractivity contribution in [3.8, 4) is 0 Å². The average molecular weight is 306 g/mol. The van der Waals surface area contributed by atoms with Crippen molar-refractivity contribution in [2.75, 3.05) is 44.3 Å². The maximum atomic E-state index is 11.8. The van der Waals surface area contributed by atoms with E-state index in [0.29, 0.717) is 39.1 Å². The summed E-state index contributed by atoms with van der Waals surface area (Å²) in [5, 5.41) is 3.12. The van der Waals surface area contributed by atoms with E-state index in [0.717, 1.165) is 6.54 Å². The molecule has 1 fully saturated rings.